The molecule has 2 aromatic heterocycles. The summed E-state index contributed by atoms with van der Waals surface area (Å²) in [6.45, 7) is 3.19. The van der Waals surface area contributed by atoms with E-state index in [9.17, 15) is 14.4 Å². The fraction of sp³-hybridized carbons (Fsp3) is 0.417. The van der Waals surface area contributed by atoms with Gasteiger partial charge in [-0.05, 0) is 57.2 Å². The predicted octanol–water partition coefficient (Wildman–Crippen LogP) is 4.92. The van der Waals surface area contributed by atoms with Crippen molar-refractivity contribution in [2.75, 3.05) is 11.9 Å². The molecule has 0 aliphatic heterocycles. The minimum Gasteiger partial charge on any atom is -0.459 e. The van der Waals surface area contributed by atoms with E-state index in [1.54, 1.807) is 25.2 Å². The number of ether oxygens (including phenoxy) is 2. The average Bonchev–Trinajstić information content (AvgIpc) is 3.36. The molecule has 0 saturated carbocycles. The number of thiazole rings is 1. The molecule has 1 aromatic carbocycles. The summed E-state index contributed by atoms with van der Waals surface area (Å²) in [5, 5.41) is 4.09. The Balaban J connectivity index is 1.33. The van der Waals surface area contributed by atoms with Crippen LogP contribution in [0.3, 0.4) is 0 Å². The molecule has 4 rings (SSSR count). The monoisotopic (exact) mass is 486 g/mol. The summed E-state index contributed by atoms with van der Waals surface area (Å²) in [5.41, 5.74) is 2.33. The summed E-state index contributed by atoms with van der Waals surface area (Å²) in [4.78, 5) is 42.9. The van der Waals surface area contributed by atoms with E-state index in [1.807, 2.05) is 24.3 Å². The molecule has 0 fully saturated rings. The van der Waals surface area contributed by atoms with Crippen molar-refractivity contribution in [1.82, 2.24) is 4.98 Å². The molecule has 2 heterocycles. The maximum Gasteiger partial charge on any atom is 0.341 e. The fourth-order valence-corrected chi connectivity index (χ4v) is 6.02. The number of aromatic nitrogens is 1. The number of hydrogen-bond donors (Lipinski definition) is 1. The van der Waals surface area contributed by atoms with Crippen LogP contribution in [0.25, 0.3) is 10.2 Å². The smallest absolute Gasteiger partial charge is 0.341 e. The zero-order valence-corrected chi connectivity index (χ0v) is 20.3. The number of amides is 1. The van der Waals surface area contributed by atoms with Crippen molar-refractivity contribution in [3.63, 3.8) is 0 Å². The summed E-state index contributed by atoms with van der Waals surface area (Å²) in [6.07, 6.45) is 4.10. The van der Waals surface area contributed by atoms with Crippen molar-refractivity contribution in [3.05, 3.63) is 45.3 Å². The molecule has 0 radical (unpaired) electrons. The molecule has 0 unspecified atom stereocenters. The van der Waals surface area contributed by atoms with Crippen LogP contribution in [0.15, 0.2) is 24.3 Å². The normalized spacial score (nSPS) is 13.1. The molecule has 1 aliphatic carbocycles. The number of nitrogens with zero attached hydrogens (tertiary/aromatic N) is 1. The number of fused-ring (bicyclic) bond motifs is 2. The highest BCUT2D eigenvalue weighted by Gasteiger charge is 2.28. The van der Waals surface area contributed by atoms with Crippen LogP contribution in [-0.4, -0.2) is 35.5 Å². The maximum atomic E-state index is 12.7. The molecule has 7 nitrogen and oxygen atoms in total. The number of nitrogens with one attached hydrogen (secondary N) is 1. The second kappa shape index (κ2) is 10.4. The van der Waals surface area contributed by atoms with Crippen LogP contribution in [-0.2, 0) is 38.3 Å². The van der Waals surface area contributed by atoms with Gasteiger partial charge < -0.3 is 14.8 Å². The third kappa shape index (κ3) is 5.78. The maximum absolute atomic E-state index is 12.7. The molecule has 0 saturated heterocycles. The fourth-order valence-electron chi connectivity index (χ4n) is 3.76. The van der Waals surface area contributed by atoms with Gasteiger partial charge in [0.15, 0.2) is 6.61 Å². The molecule has 33 heavy (non-hydrogen) atoms. The SMILES string of the molecule is CC(C)OC(=O)c1c(NC(=O)COC(=O)CCc2nc3ccccc3s2)sc2c1CCCC2. The van der Waals surface area contributed by atoms with Gasteiger partial charge in [0.2, 0.25) is 0 Å². The number of para-hydroxylation sites is 1. The van der Waals surface area contributed by atoms with E-state index in [-0.39, 0.29) is 12.5 Å². The van der Waals surface area contributed by atoms with Gasteiger partial charge in [-0.2, -0.15) is 0 Å². The third-order valence-corrected chi connectivity index (χ3v) is 7.52. The Kier molecular flexibility index (Phi) is 7.39. The van der Waals surface area contributed by atoms with E-state index in [0.29, 0.717) is 17.0 Å². The number of aryl methyl sites for hydroxylation is 2. The number of rotatable bonds is 8. The summed E-state index contributed by atoms with van der Waals surface area (Å²) in [7, 11) is 0. The van der Waals surface area contributed by atoms with E-state index < -0.39 is 24.5 Å². The Morgan fingerprint density at radius 2 is 1.91 bits per heavy atom. The Morgan fingerprint density at radius 3 is 2.70 bits per heavy atom. The van der Waals surface area contributed by atoms with Crippen molar-refractivity contribution < 1.29 is 23.9 Å². The largest absolute Gasteiger partial charge is 0.459 e. The minimum absolute atomic E-state index is 0.145. The Morgan fingerprint density at radius 1 is 1.12 bits per heavy atom. The lowest BCUT2D eigenvalue weighted by Crippen LogP contribution is -2.22. The first-order valence-corrected chi connectivity index (χ1v) is 12.7. The van der Waals surface area contributed by atoms with Gasteiger partial charge in [0, 0.05) is 11.3 Å². The zero-order chi connectivity index (χ0) is 23.4. The first-order chi connectivity index (χ1) is 15.9. The minimum atomic E-state index is -0.472. The van der Waals surface area contributed by atoms with Crippen LogP contribution in [0.5, 0.6) is 0 Å². The number of carbonyl (C=O) groups excluding carboxylic acids is 3. The van der Waals surface area contributed by atoms with Crippen molar-refractivity contribution in [2.45, 2.75) is 58.5 Å². The Labute approximate surface area is 200 Å². The number of esters is 2. The number of hydrogen-bond acceptors (Lipinski definition) is 8. The van der Waals surface area contributed by atoms with Gasteiger partial charge in [0.1, 0.15) is 5.00 Å². The molecule has 0 spiro atoms. The average molecular weight is 487 g/mol. The van der Waals surface area contributed by atoms with Gasteiger partial charge in [0.25, 0.3) is 5.91 Å². The van der Waals surface area contributed by atoms with Gasteiger partial charge in [-0.15, -0.1) is 22.7 Å². The highest BCUT2D eigenvalue weighted by Crippen LogP contribution is 2.38. The van der Waals surface area contributed by atoms with Gasteiger partial charge in [-0.25, -0.2) is 9.78 Å². The van der Waals surface area contributed by atoms with E-state index in [2.05, 4.69) is 10.3 Å². The van der Waals surface area contributed by atoms with Gasteiger partial charge >= 0.3 is 11.9 Å². The van der Waals surface area contributed by atoms with Crippen molar-refractivity contribution >= 4 is 55.7 Å². The highest BCUT2D eigenvalue weighted by molar-refractivity contribution is 7.18. The Hall–Kier alpha value is -2.78. The van der Waals surface area contributed by atoms with Crippen LogP contribution >= 0.6 is 22.7 Å². The van der Waals surface area contributed by atoms with E-state index in [0.717, 1.165) is 51.3 Å². The first-order valence-electron chi connectivity index (χ1n) is 11.1. The van der Waals surface area contributed by atoms with Crippen molar-refractivity contribution in [3.8, 4) is 0 Å². The molecule has 0 atom stereocenters. The Bertz CT molecular complexity index is 1150. The van der Waals surface area contributed by atoms with Gasteiger partial charge in [0.05, 0.1) is 33.3 Å². The highest BCUT2D eigenvalue weighted by atomic mass is 32.1. The topological polar surface area (TPSA) is 94.6 Å². The quantitative estimate of drug-likeness (QED) is 0.454. The van der Waals surface area contributed by atoms with Crippen molar-refractivity contribution in [1.29, 1.82) is 0 Å². The van der Waals surface area contributed by atoms with E-state index >= 15 is 0 Å². The van der Waals surface area contributed by atoms with Crippen LogP contribution in [0.1, 0.15) is 58.9 Å². The number of benzene rings is 1. The second-order valence-corrected chi connectivity index (χ2v) is 10.4. The van der Waals surface area contributed by atoms with Crippen LogP contribution in [0, 0.1) is 0 Å². The molecule has 0 bridgehead atoms. The lowest BCUT2D eigenvalue weighted by molar-refractivity contribution is -0.147. The van der Waals surface area contributed by atoms with Gasteiger partial charge in [-0.1, -0.05) is 12.1 Å². The van der Waals surface area contributed by atoms with E-state index in [1.165, 1.54) is 11.3 Å². The predicted molar refractivity (Wildman–Crippen MR) is 129 cm³/mol. The molecule has 1 N–H and O–H groups in total. The molecule has 9 heteroatoms. The van der Waals surface area contributed by atoms with Gasteiger partial charge in [-0.3, -0.25) is 9.59 Å². The number of anilines is 1. The lowest BCUT2D eigenvalue weighted by atomic mass is 9.95. The summed E-state index contributed by atoms with van der Waals surface area (Å²) >= 11 is 2.96. The zero-order valence-electron chi connectivity index (χ0n) is 18.6. The summed E-state index contributed by atoms with van der Waals surface area (Å²) in [6, 6.07) is 7.81. The van der Waals surface area contributed by atoms with Crippen LogP contribution in [0.2, 0.25) is 0 Å². The standard InChI is InChI=1S/C24H26N2O5S2/c1-14(2)31-24(29)22-15-7-3-5-9-17(15)33-23(22)26-19(27)13-30-21(28)12-11-20-25-16-8-4-6-10-18(16)32-20/h4,6,8,10,14H,3,5,7,9,11-13H2,1-2H3,(H,26,27). The second-order valence-electron chi connectivity index (χ2n) is 8.15. The molecule has 3 aromatic rings. The summed E-state index contributed by atoms with van der Waals surface area (Å²) < 4.78 is 11.6. The van der Waals surface area contributed by atoms with E-state index in [4.69, 9.17) is 9.47 Å². The lowest BCUT2D eigenvalue weighted by Gasteiger charge is -2.14. The van der Waals surface area contributed by atoms with Crippen molar-refractivity contribution in [2.24, 2.45) is 0 Å². The molecular formula is C24H26N2O5S2. The molecule has 1 aliphatic rings. The molecule has 174 valence electrons. The third-order valence-electron chi connectivity index (χ3n) is 5.22. The van der Waals surface area contributed by atoms with Crippen LogP contribution < -0.4 is 5.32 Å². The summed E-state index contributed by atoms with van der Waals surface area (Å²) in [5.74, 6) is -1.36. The molecular weight excluding hydrogens is 460 g/mol. The molecule has 1 amide bonds. The number of carbonyl (C=O) groups is 3. The first kappa shape index (κ1) is 23.4. The van der Waals surface area contributed by atoms with Crippen LogP contribution in [0.4, 0.5) is 5.00 Å². The number of thiophene rings is 1.